The molecule has 180 valence electrons. The number of thiophene rings is 1. The number of benzene rings is 1. The summed E-state index contributed by atoms with van der Waals surface area (Å²) in [6.45, 7) is 1.90. The fourth-order valence-corrected chi connectivity index (χ4v) is 5.47. The summed E-state index contributed by atoms with van der Waals surface area (Å²) in [6, 6.07) is 11.8. The zero-order valence-electron chi connectivity index (χ0n) is 18.5. The minimum absolute atomic E-state index is 0.153. The first-order valence-corrected chi connectivity index (χ1v) is 13.2. The lowest BCUT2D eigenvalue weighted by molar-refractivity contribution is 0.101. The van der Waals surface area contributed by atoms with Crippen LogP contribution in [-0.2, 0) is 14.5 Å². The number of aliphatic hydroxyl groups excluding tert-OH is 1. The molecule has 2 aromatic heterocycles. The molecule has 1 aliphatic rings. The van der Waals surface area contributed by atoms with Crippen molar-refractivity contribution in [3.8, 4) is 0 Å². The normalized spacial score (nSPS) is 21.3. The van der Waals surface area contributed by atoms with E-state index >= 15 is 0 Å². The molecule has 4 atom stereocenters. The molecule has 11 heteroatoms. The van der Waals surface area contributed by atoms with Gasteiger partial charge >= 0.3 is 10.3 Å². The fourth-order valence-electron chi connectivity index (χ4n) is 4.15. The number of ketones is 1. The van der Waals surface area contributed by atoms with Crippen molar-refractivity contribution < 1.29 is 22.5 Å². The molecular weight excluding hydrogens is 476 g/mol. The molecule has 0 bridgehead atoms. The molecule has 1 fully saturated rings. The number of nitrogens with zero attached hydrogens (tertiary/aromatic N) is 2. The first-order chi connectivity index (χ1) is 16.2. The molecule has 0 unspecified atom stereocenters. The predicted octanol–water partition coefficient (Wildman–Crippen LogP) is 2.69. The van der Waals surface area contributed by atoms with E-state index in [1.165, 1.54) is 29.4 Å². The van der Waals surface area contributed by atoms with Crippen LogP contribution in [0.4, 0.5) is 5.82 Å². The number of hydrogen-bond acceptors (Lipinski definition) is 9. The molecule has 0 aliphatic heterocycles. The Morgan fingerprint density at radius 3 is 2.79 bits per heavy atom. The Bertz CT molecular complexity index is 1250. The van der Waals surface area contributed by atoms with Gasteiger partial charge in [0.25, 0.3) is 0 Å². The highest BCUT2D eigenvalue weighted by molar-refractivity contribution is 7.84. The number of hydrogen-bond donors (Lipinski definition) is 3. The van der Waals surface area contributed by atoms with E-state index < -0.39 is 22.3 Å². The van der Waals surface area contributed by atoms with Crippen LogP contribution in [0.25, 0.3) is 0 Å². The number of aromatic nitrogens is 2. The number of aliphatic hydroxyl groups is 1. The zero-order valence-corrected chi connectivity index (χ0v) is 20.1. The lowest BCUT2D eigenvalue weighted by atomic mass is 9.95. The van der Waals surface area contributed by atoms with Gasteiger partial charge in [-0.3, -0.25) is 8.98 Å². The van der Waals surface area contributed by atoms with Crippen molar-refractivity contribution in [2.45, 2.75) is 37.8 Å². The third-order valence-corrected chi connectivity index (χ3v) is 7.46. The van der Waals surface area contributed by atoms with Crippen LogP contribution in [0.15, 0.2) is 54.3 Å². The van der Waals surface area contributed by atoms with E-state index in [1.807, 2.05) is 29.6 Å². The van der Waals surface area contributed by atoms with Crippen LogP contribution < -0.4 is 10.5 Å². The lowest BCUT2D eigenvalue weighted by Crippen LogP contribution is -2.24. The summed E-state index contributed by atoms with van der Waals surface area (Å²) in [4.78, 5) is 22.2. The molecule has 4 N–H and O–H groups in total. The van der Waals surface area contributed by atoms with Crippen molar-refractivity contribution in [2.24, 2.45) is 11.1 Å². The molecule has 34 heavy (non-hydrogen) atoms. The van der Waals surface area contributed by atoms with Gasteiger partial charge in [0.15, 0.2) is 0 Å². The first kappa shape index (κ1) is 24.4. The quantitative estimate of drug-likeness (QED) is 0.379. The summed E-state index contributed by atoms with van der Waals surface area (Å²) in [7, 11) is -4.08. The molecule has 0 amide bonds. The molecule has 9 nitrogen and oxygen atoms in total. The van der Waals surface area contributed by atoms with Crippen molar-refractivity contribution in [1.82, 2.24) is 9.97 Å². The van der Waals surface area contributed by atoms with E-state index in [0.717, 1.165) is 5.56 Å². The van der Waals surface area contributed by atoms with Gasteiger partial charge in [0.2, 0.25) is 5.78 Å². The second kappa shape index (κ2) is 10.3. The number of nitrogens with one attached hydrogen (secondary N) is 1. The van der Waals surface area contributed by atoms with E-state index in [-0.39, 0.29) is 24.3 Å². The van der Waals surface area contributed by atoms with Crippen molar-refractivity contribution in [1.29, 1.82) is 0 Å². The Balaban J connectivity index is 1.47. The smallest absolute Gasteiger partial charge is 0.333 e. The van der Waals surface area contributed by atoms with E-state index in [0.29, 0.717) is 29.1 Å². The monoisotopic (exact) mass is 502 g/mol. The molecule has 1 saturated carbocycles. The molecule has 4 rings (SSSR count). The Kier molecular flexibility index (Phi) is 7.39. The summed E-state index contributed by atoms with van der Waals surface area (Å²) in [5.74, 6) is -0.0697. The Labute approximate surface area is 202 Å². The third-order valence-electron chi connectivity index (χ3n) is 6.04. The van der Waals surface area contributed by atoms with Gasteiger partial charge in [0, 0.05) is 24.1 Å². The van der Waals surface area contributed by atoms with Gasteiger partial charge in [-0.1, -0.05) is 37.3 Å². The largest absolute Gasteiger partial charge is 0.393 e. The van der Waals surface area contributed by atoms with Gasteiger partial charge < -0.3 is 10.4 Å². The minimum Gasteiger partial charge on any atom is -0.393 e. The summed E-state index contributed by atoms with van der Waals surface area (Å²) in [6.07, 6.45) is 2.85. The standard InChI is InChI=1S/C23H26N4O5S2/c1-14(15-5-3-2-4-6-15)17-8-21(33-12-17)22(29)19-10-25-13-26-23(19)27-18-7-16(20(28)9-18)11-32-34(24,30)31/h2-6,8,10,12-14,16,18,20,28H,7,9,11H2,1H3,(H2,24,30,31)(H,25,26,27)/t14-,16+,18+,20-/m0/s1. The van der Waals surface area contributed by atoms with Gasteiger partial charge in [-0.25, -0.2) is 15.1 Å². The Morgan fingerprint density at radius 1 is 1.29 bits per heavy atom. The Morgan fingerprint density at radius 2 is 2.06 bits per heavy atom. The number of anilines is 1. The van der Waals surface area contributed by atoms with E-state index in [1.54, 1.807) is 0 Å². The van der Waals surface area contributed by atoms with E-state index in [4.69, 9.17) is 5.14 Å². The number of carbonyl (C=O) groups excluding carboxylic acids is 1. The highest BCUT2D eigenvalue weighted by Crippen LogP contribution is 2.32. The molecule has 0 radical (unpaired) electrons. The van der Waals surface area contributed by atoms with Crippen LogP contribution in [-0.4, -0.2) is 48.0 Å². The zero-order chi connectivity index (χ0) is 24.3. The summed E-state index contributed by atoms with van der Waals surface area (Å²) >= 11 is 1.38. The maximum Gasteiger partial charge on any atom is 0.333 e. The van der Waals surface area contributed by atoms with Crippen LogP contribution in [0.1, 0.15) is 52.0 Å². The third kappa shape index (κ3) is 5.86. The number of rotatable bonds is 9. The van der Waals surface area contributed by atoms with Crippen molar-refractivity contribution in [2.75, 3.05) is 11.9 Å². The molecule has 2 heterocycles. The maximum absolute atomic E-state index is 13.3. The lowest BCUT2D eigenvalue weighted by Gasteiger charge is -2.15. The van der Waals surface area contributed by atoms with Crippen LogP contribution in [0, 0.1) is 5.92 Å². The highest BCUT2D eigenvalue weighted by atomic mass is 32.2. The molecule has 1 aliphatic carbocycles. The van der Waals surface area contributed by atoms with Crippen LogP contribution in [0.2, 0.25) is 0 Å². The molecule has 0 saturated heterocycles. The maximum atomic E-state index is 13.3. The first-order valence-electron chi connectivity index (χ1n) is 10.8. The van der Waals surface area contributed by atoms with Gasteiger partial charge in [-0.15, -0.1) is 11.3 Å². The van der Waals surface area contributed by atoms with E-state index in [2.05, 4.69) is 38.5 Å². The van der Waals surface area contributed by atoms with Gasteiger partial charge in [-0.2, -0.15) is 8.42 Å². The summed E-state index contributed by atoms with van der Waals surface area (Å²) in [5.41, 5.74) is 2.56. The summed E-state index contributed by atoms with van der Waals surface area (Å²) in [5, 5.41) is 20.4. The van der Waals surface area contributed by atoms with Gasteiger partial charge in [0.05, 0.1) is 23.2 Å². The van der Waals surface area contributed by atoms with Crippen LogP contribution >= 0.6 is 11.3 Å². The van der Waals surface area contributed by atoms with Crippen LogP contribution in [0.5, 0.6) is 0 Å². The Hall–Kier alpha value is -2.70. The SMILES string of the molecule is C[C@@H](c1ccccc1)c1csc(C(=O)c2cncnc2N[C@@H]2C[C@H](COS(N)(=O)=O)[C@@H](O)C2)c1. The summed E-state index contributed by atoms with van der Waals surface area (Å²) < 4.78 is 26.7. The minimum atomic E-state index is -4.08. The van der Waals surface area contributed by atoms with Crippen molar-refractivity contribution >= 4 is 33.2 Å². The second-order valence-electron chi connectivity index (χ2n) is 8.41. The molecule has 0 spiro atoms. The molecular formula is C23H26N4O5S2. The number of nitrogens with two attached hydrogens (primary N) is 1. The second-order valence-corrected chi connectivity index (χ2v) is 10.5. The van der Waals surface area contributed by atoms with E-state index in [9.17, 15) is 18.3 Å². The molecule has 3 aromatic rings. The molecule has 1 aromatic carbocycles. The highest BCUT2D eigenvalue weighted by Gasteiger charge is 2.34. The van der Waals surface area contributed by atoms with Crippen LogP contribution in [0.3, 0.4) is 0 Å². The van der Waals surface area contributed by atoms with Crippen molar-refractivity contribution in [3.05, 3.63) is 75.9 Å². The fraction of sp³-hybridized carbons (Fsp3) is 0.348. The van der Waals surface area contributed by atoms with Crippen molar-refractivity contribution in [3.63, 3.8) is 0 Å². The average Bonchev–Trinajstić information content (AvgIpc) is 3.44. The average molecular weight is 503 g/mol. The van der Waals surface area contributed by atoms with Gasteiger partial charge in [0.1, 0.15) is 12.1 Å². The topological polar surface area (TPSA) is 144 Å². The van der Waals surface area contributed by atoms with Gasteiger partial charge in [-0.05, 0) is 35.4 Å². The predicted molar refractivity (Wildman–Crippen MR) is 129 cm³/mol. The number of carbonyl (C=O) groups is 1.